The van der Waals surface area contributed by atoms with E-state index in [-0.39, 0.29) is 16.9 Å². The van der Waals surface area contributed by atoms with E-state index in [1.807, 2.05) is 31.2 Å². The molecule has 0 heterocycles. The first-order chi connectivity index (χ1) is 9.67. The Morgan fingerprint density at radius 2 is 2.25 bits per heavy atom. The Labute approximate surface area is 124 Å². The maximum atomic E-state index is 11.1. The summed E-state index contributed by atoms with van der Waals surface area (Å²) in [6.45, 7) is 1.86. The third-order valence-electron chi connectivity index (χ3n) is 2.57. The summed E-state index contributed by atoms with van der Waals surface area (Å²) in [4.78, 5) is 11.1. The molecular formula is C15H20N2O2S. The monoisotopic (exact) mass is 292 g/mol. The molecule has 1 rings (SSSR count). The van der Waals surface area contributed by atoms with Crippen LogP contribution in [0.5, 0.6) is 0 Å². The van der Waals surface area contributed by atoms with E-state index < -0.39 is 0 Å². The van der Waals surface area contributed by atoms with Crippen LogP contribution in [0.2, 0.25) is 0 Å². The van der Waals surface area contributed by atoms with E-state index in [2.05, 4.69) is 17.5 Å². The number of nitrogens with one attached hydrogen (secondary N) is 2. The molecule has 1 amide bonds. The Balaban J connectivity index is 2.63. The van der Waals surface area contributed by atoms with Crippen LogP contribution in [-0.2, 0) is 9.53 Å². The Bertz CT molecular complexity index is 476. The minimum Gasteiger partial charge on any atom is -0.434 e. The van der Waals surface area contributed by atoms with Crippen molar-refractivity contribution in [1.29, 1.82) is 5.41 Å². The zero-order chi connectivity index (χ0) is 14.8. The number of amides is 1. The molecule has 0 radical (unpaired) electrons. The second kappa shape index (κ2) is 9.20. The minimum absolute atomic E-state index is 0.0158. The number of ether oxygens (including phenoxy) is 1. The number of carbonyl (C=O) groups excluding carboxylic acids is 1. The first kappa shape index (κ1) is 16.3. The van der Waals surface area contributed by atoms with Crippen molar-refractivity contribution in [2.75, 3.05) is 12.8 Å². The highest BCUT2D eigenvalue weighted by atomic mass is 32.2. The molecule has 108 valence electrons. The normalized spacial score (nSPS) is 17.7. The number of thioether (sulfide) groups is 1. The highest BCUT2D eigenvalue weighted by Gasteiger charge is 2.09. The van der Waals surface area contributed by atoms with E-state index in [1.165, 1.54) is 0 Å². The van der Waals surface area contributed by atoms with Crippen molar-refractivity contribution >= 4 is 22.9 Å². The number of rotatable bonds is 4. The molecule has 1 aliphatic rings. The van der Waals surface area contributed by atoms with Crippen LogP contribution in [0.4, 0.5) is 0 Å². The zero-order valence-electron chi connectivity index (χ0n) is 11.8. The van der Waals surface area contributed by atoms with Crippen LogP contribution in [0.3, 0.4) is 0 Å². The van der Waals surface area contributed by atoms with Gasteiger partial charge < -0.3 is 10.1 Å². The van der Waals surface area contributed by atoms with Gasteiger partial charge in [-0.25, -0.2) is 0 Å². The van der Waals surface area contributed by atoms with Gasteiger partial charge in [-0.05, 0) is 25.8 Å². The van der Waals surface area contributed by atoms with Gasteiger partial charge >= 0.3 is 0 Å². The van der Waals surface area contributed by atoms with Crippen LogP contribution >= 0.6 is 11.8 Å². The molecular weight excluding hydrogens is 272 g/mol. The molecule has 2 N–H and O–H groups in total. The molecule has 0 unspecified atom stereocenters. The molecule has 0 atom stereocenters. The van der Waals surface area contributed by atoms with Gasteiger partial charge in [0.15, 0.2) is 0 Å². The minimum atomic E-state index is -0.127. The van der Waals surface area contributed by atoms with Crippen molar-refractivity contribution in [1.82, 2.24) is 5.32 Å². The summed E-state index contributed by atoms with van der Waals surface area (Å²) in [6, 6.07) is 0. The third kappa shape index (κ3) is 5.93. The SMILES string of the molecule is C/C=C(OC(=N)SCC(=O)NC)\C1=C\C=CCCC=C1. The van der Waals surface area contributed by atoms with Crippen molar-refractivity contribution in [2.45, 2.75) is 19.8 Å². The van der Waals surface area contributed by atoms with Gasteiger partial charge in [-0.1, -0.05) is 42.1 Å². The van der Waals surface area contributed by atoms with Crippen molar-refractivity contribution < 1.29 is 9.53 Å². The van der Waals surface area contributed by atoms with E-state index in [0.717, 1.165) is 30.2 Å². The van der Waals surface area contributed by atoms with Gasteiger partial charge in [-0.2, -0.15) is 0 Å². The van der Waals surface area contributed by atoms with Crippen LogP contribution in [-0.4, -0.2) is 23.9 Å². The molecule has 0 bridgehead atoms. The van der Waals surface area contributed by atoms with Gasteiger partial charge in [0, 0.05) is 12.6 Å². The Morgan fingerprint density at radius 3 is 2.95 bits per heavy atom. The van der Waals surface area contributed by atoms with Gasteiger partial charge in [-0.3, -0.25) is 10.2 Å². The summed E-state index contributed by atoms with van der Waals surface area (Å²) in [5.74, 6) is 0.682. The number of carbonyl (C=O) groups is 1. The lowest BCUT2D eigenvalue weighted by Crippen LogP contribution is -2.20. The standard InChI is InChI=1S/C15H20N2O2S/c1-3-13(12-9-7-5-4-6-8-10-12)19-15(16)20-11-14(18)17-2/h3,5,7-10,16H,4,6,11H2,1-2H3,(H,17,18)/b7-5?,10-8?,12-9+,13-3+,16-15?. The van der Waals surface area contributed by atoms with Crippen molar-refractivity contribution in [3.63, 3.8) is 0 Å². The molecule has 0 aromatic rings. The van der Waals surface area contributed by atoms with Crippen LogP contribution in [0.25, 0.3) is 0 Å². The van der Waals surface area contributed by atoms with Crippen LogP contribution in [0, 0.1) is 5.41 Å². The lowest BCUT2D eigenvalue weighted by atomic mass is 10.1. The predicted octanol–water partition coefficient (Wildman–Crippen LogP) is 3.15. The van der Waals surface area contributed by atoms with Gasteiger partial charge in [0.1, 0.15) is 5.76 Å². The number of hydrogen-bond donors (Lipinski definition) is 2. The van der Waals surface area contributed by atoms with Crippen molar-refractivity contribution in [2.24, 2.45) is 0 Å². The van der Waals surface area contributed by atoms with E-state index in [1.54, 1.807) is 7.05 Å². The summed E-state index contributed by atoms with van der Waals surface area (Å²) in [5, 5.41) is 10.3. The Kier molecular flexibility index (Phi) is 7.50. The lowest BCUT2D eigenvalue weighted by Gasteiger charge is -2.11. The van der Waals surface area contributed by atoms with Crippen LogP contribution in [0.1, 0.15) is 19.8 Å². The fourth-order valence-electron chi connectivity index (χ4n) is 1.51. The largest absolute Gasteiger partial charge is 0.434 e. The maximum Gasteiger partial charge on any atom is 0.248 e. The molecule has 0 fully saturated rings. The Hall–Kier alpha value is -1.75. The fourth-order valence-corrected chi connectivity index (χ4v) is 2.06. The third-order valence-corrected chi connectivity index (χ3v) is 3.32. The van der Waals surface area contributed by atoms with E-state index >= 15 is 0 Å². The first-order valence-electron chi connectivity index (χ1n) is 6.47. The summed E-state index contributed by atoms with van der Waals surface area (Å²) in [5.41, 5.74) is 0.925. The molecule has 5 heteroatoms. The molecule has 0 saturated heterocycles. The molecule has 20 heavy (non-hydrogen) atoms. The molecule has 0 aliphatic heterocycles. The lowest BCUT2D eigenvalue weighted by molar-refractivity contribution is -0.118. The van der Waals surface area contributed by atoms with Crippen LogP contribution < -0.4 is 5.32 Å². The summed E-state index contributed by atoms with van der Waals surface area (Å²) in [6.07, 6.45) is 14.0. The molecule has 0 spiro atoms. The average Bonchev–Trinajstić information content (AvgIpc) is 2.42. The van der Waals surface area contributed by atoms with Crippen LogP contribution in [0.15, 0.2) is 47.8 Å². The predicted molar refractivity (Wildman–Crippen MR) is 84.7 cm³/mol. The molecule has 0 saturated carbocycles. The summed E-state index contributed by atoms with van der Waals surface area (Å²) < 4.78 is 5.50. The van der Waals surface area contributed by atoms with E-state index in [4.69, 9.17) is 10.1 Å². The highest BCUT2D eigenvalue weighted by Crippen LogP contribution is 2.19. The first-order valence-corrected chi connectivity index (χ1v) is 7.45. The summed E-state index contributed by atoms with van der Waals surface area (Å²) >= 11 is 1.07. The van der Waals surface area contributed by atoms with Gasteiger partial charge in [0.25, 0.3) is 0 Å². The van der Waals surface area contributed by atoms with Crippen molar-refractivity contribution in [3.8, 4) is 0 Å². The smallest absolute Gasteiger partial charge is 0.248 e. The topological polar surface area (TPSA) is 62.2 Å². The fraction of sp³-hybridized carbons (Fsp3) is 0.333. The Morgan fingerprint density at radius 1 is 1.50 bits per heavy atom. The molecule has 1 aliphatic carbocycles. The number of allylic oxidation sites excluding steroid dienone is 6. The van der Waals surface area contributed by atoms with Gasteiger partial charge in [0.05, 0.1) is 5.75 Å². The second-order valence-electron chi connectivity index (χ2n) is 4.03. The van der Waals surface area contributed by atoms with Gasteiger partial charge in [0.2, 0.25) is 11.1 Å². The molecule has 0 aromatic heterocycles. The molecule has 0 aromatic carbocycles. The highest BCUT2D eigenvalue weighted by molar-refractivity contribution is 8.13. The van der Waals surface area contributed by atoms with E-state index in [9.17, 15) is 4.79 Å². The number of hydrogen-bond acceptors (Lipinski definition) is 4. The average molecular weight is 292 g/mol. The van der Waals surface area contributed by atoms with E-state index in [0.29, 0.717) is 5.76 Å². The maximum absolute atomic E-state index is 11.1. The quantitative estimate of drug-likeness (QED) is 0.475. The van der Waals surface area contributed by atoms with Crippen molar-refractivity contribution in [3.05, 3.63) is 47.8 Å². The summed E-state index contributed by atoms with van der Waals surface area (Å²) in [7, 11) is 1.57. The second-order valence-corrected chi connectivity index (χ2v) is 4.98. The molecule has 4 nitrogen and oxygen atoms in total. The zero-order valence-corrected chi connectivity index (χ0v) is 12.6. The van der Waals surface area contributed by atoms with Gasteiger partial charge in [-0.15, -0.1) is 0 Å².